The van der Waals surface area contributed by atoms with Gasteiger partial charge < -0.3 is 14.2 Å². The summed E-state index contributed by atoms with van der Waals surface area (Å²) in [5.74, 6) is 0.0449. The molecule has 1 fully saturated rings. The van der Waals surface area contributed by atoms with Crippen molar-refractivity contribution < 1.29 is 28.6 Å². The molecule has 3 rings (SSSR count). The molecule has 0 radical (unpaired) electrons. The molecule has 2 aromatic carbocycles. The van der Waals surface area contributed by atoms with Gasteiger partial charge in [-0.15, -0.1) is 0 Å². The van der Waals surface area contributed by atoms with Crippen molar-refractivity contribution in [1.29, 1.82) is 0 Å². The van der Waals surface area contributed by atoms with E-state index >= 15 is 0 Å². The number of benzene rings is 2. The minimum atomic E-state index is -0.909. The highest BCUT2D eigenvalue weighted by Gasteiger charge is 2.51. The Labute approximate surface area is 232 Å². The van der Waals surface area contributed by atoms with Crippen LogP contribution in [0.3, 0.4) is 0 Å². The van der Waals surface area contributed by atoms with Gasteiger partial charge in [0.05, 0.1) is 6.04 Å². The molecule has 2 amide bonds. The lowest BCUT2D eigenvalue weighted by atomic mass is 9.95. The Morgan fingerprint density at radius 1 is 0.897 bits per heavy atom. The zero-order valence-corrected chi connectivity index (χ0v) is 24.4. The van der Waals surface area contributed by atoms with E-state index in [1.807, 2.05) is 77.1 Å². The molecule has 212 valence electrons. The van der Waals surface area contributed by atoms with Crippen molar-refractivity contribution in [3.05, 3.63) is 65.7 Å². The SMILES string of the molecule is CC(C)(C)OC(=O)Nc1ccc(CC(=O)CC[C@@H]2[C@@H](c3ccccc3)OC(C)(C)N2C(=O)OC(C)(C)C)cc1. The number of hydrogen-bond acceptors (Lipinski definition) is 6. The summed E-state index contributed by atoms with van der Waals surface area (Å²) < 4.78 is 17.4. The van der Waals surface area contributed by atoms with Gasteiger partial charge in [-0.1, -0.05) is 42.5 Å². The van der Waals surface area contributed by atoms with Crippen molar-refractivity contribution in [2.45, 2.75) is 104 Å². The highest BCUT2D eigenvalue weighted by atomic mass is 16.6. The molecule has 0 aliphatic carbocycles. The van der Waals surface area contributed by atoms with Crippen LogP contribution < -0.4 is 5.32 Å². The molecule has 2 aromatic rings. The molecule has 2 atom stereocenters. The normalized spacial score (nSPS) is 18.9. The first-order chi connectivity index (χ1) is 18.0. The van der Waals surface area contributed by atoms with Gasteiger partial charge in [0.25, 0.3) is 0 Å². The number of nitrogens with zero attached hydrogens (tertiary/aromatic N) is 1. The fourth-order valence-electron chi connectivity index (χ4n) is 4.61. The molecule has 0 aromatic heterocycles. The van der Waals surface area contributed by atoms with Crippen molar-refractivity contribution in [2.75, 3.05) is 5.32 Å². The number of hydrogen-bond donors (Lipinski definition) is 1. The average molecular weight is 539 g/mol. The number of ketones is 1. The molecule has 1 heterocycles. The monoisotopic (exact) mass is 538 g/mol. The summed E-state index contributed by atoms with van der Waals surface area (Å²) in [6.07, 6.45) is -0.442. The Kier molecular flexibility index (Phi) is 9.11. The summed E-state index contributed by atoms with van der Waals surface area (Å²) in [4.78, 5) is 39.9. The van der Waals surface area contributed by atoms with Gasteiger partial charge in [0, 0.05) is 18.5 Å². The van der Waals surface area contributed by atoms with E-state index in [2.05, 4.69) is 5.32 Å². The lowest BCUT2D eigenvalue weighted by Gasteiger charge is -2.35. The third-order valence-corrected chi connectivity index (χ3v) is 6.11. The Balaban J connectivity index is 1.69. The largest absolute Gasteiger partial charge is 0.444 e. The first kappa shape index (κ1) is 30.2. The van der Waals surface area contributed by atoms with E-state index in [0.717, 1.165) is 11.1 Å². The van der Waals surface area contributed by atoms with Crippen LogP contribution in [0.1, 0.15) is 85.5 Å². The quantitative estimate of drug-likeness (QED) is 0.406. The van der Waals surface area contributed by atoms with Crippen LogP contribution in [0, 0.1) is 0 Å². The predicted octanol–water partition coefficient (Wildman–Crippen LogP) is 7.04. The van der Waals surface area contributed by atoms with Crippen molar-refractivity contribution in [3.63, 3.8) is 0 Å². The lowest BCUT2D eigenvalue weighted by Crippen LogP contribution is -2.50. The second-order valence-electron chi connectivity index (χ2n) is 12.4. The molecule has 8 nitrogen and oxygen atoms in total. The standard InChI is InChI=1S/C31H42N2O6/c1-29(2,3)38-27(35)32-23-16-14-21(15-17-23)20-24(34)18-19-25-26(22-12-10-9-11-13-22)37-31(7,8)33(25)28(36)39-30(4,5)6/h9-17,25-26H,18-20H2,1-8H3,(H,32,35)/t25-,26-/m1/s1. The van der Waals surface area contributed by atoms with E-state index in [9.17, 15) is 14.4 Å². The summed E-state index contributed by atoms with van der Waals surface area (Å²) in [5, 5.41) is 2.69. The predicted molar refractivity (Wildman–Crippen MR) is 150 cm³/mol. The molecule has 0 spiro atoms. The lowest BCUT2D eigenvalue weighted by molar-refractivity contribution is -0.118. The van der Waals surface area contributed by atoms with Gasteiger partial charge in [0.15, 0.2) is 0 Å². The van der Waals surface area contributed by atoms with Crippen molar-refractivity contribution in [3.8, 4) is 0 Å². The fourth-order valence-corrected chi connectivity index (χ4v) is 4.61. The van der Waals surface area contributed by atoms with Crippen LogP contribution >= 0.6 is 0 Å². The number of Topliss-reactive ketones (excluding diaryl/α,β-unsaturated/α-hetero) is 1. The second kappa shape index (κ2) is 11.8. The number of carbonyl (C=O) groups excluding carboxylic acids is 3. The summed E-state index contributed by atoms with van der Waals surface area (Å²) in [6.45, 7) is 14.6. The van der Waals surface area contributed by atoms with Gasteiger partial charge in [-0.3, -0.25) is 15.0 Å². The van der Waals surface area contributed by atoms with Crippen LogP contribution in [0.2, 0.25) is 0 Å². The van der Waals surface area contributed by atoms with Gasteiger partial charge in [-0.2, -0.15) is 0 Å². The van der Waals surface area contributed by atoms with Crippen LogP contribution in [-0.4, -0.2) is 45.8 Å². The molecule has 1 aliphatic rings. The maximum atomic E-state index is 13.3. The molecule has 1 saturated heterocycles. The second-order valence-corrected chi connectivity index (χ2v) is 12.4. The van der Waals surface area contributed by atoms with Gasteiger partial charge in [-0.05, 0) is 85.1 Å². The van der Waals surface area contributed by atoms with E-state index in [-0.39, 0.29) is 30.8 Å². The number of amides is 2. The topological polar surface area (TPSA) is 94.2 Å². The number of anilines is 1. The number of ether oxygens (including phenoxy) is 3. The first-order valence-corrected chi connectivity index (χ1v) is 13.4. The highest BCUT2D eigenvalue weighted by molar-refractivity contribution is 5.85. The van der Waals surface area contributed by atoms with Crippen molar-refractivity contribution >= 4 is 23.7 Å². The smallest absolute Gasteiger partial charge is 0.412 e. The van der Waals surface area contributed by atoms with Crippen molar-refractivity contribution in [1.82, 2.24) is 4.90 Å². The van der Waals surface area contributed by atoms with Gasteiger partial charge >= 0.3 is 12.2 Å². The van der Waals surface area contributed by atoms with Gasteiger partial charge in [0.1, 0.15) is 28.8 Å². The van der Waals surface area contributed by atoms with Crippen LogP contribution in [0.15, 0.2) is 54.6 Å². The van der Waals surface area contributed by atoms with E-state index in [1.54, 1.807) is 37.8 Å². The van der Waals surface area contributed by atoms with E-state index < -0.39 is 29.1 Å². The zero-order chi connectivity index (χ0) is 29.0. The molecular formula is C31H42N2O6. The molecule has 39 heavy (non-hydrogen) atoms. The Morgan fingerprint density at radius 3 is 2.05 bits per heavy atom. The Bertz CT molecular complexity index is 1150. The maximum Gasteiger partial charge on any atom is 0.412 e. The average Bonchev–Trinajstić information content (AvgIpc) is 3.07. The summed E-state index contributed by atoms with van der Waals surface area (Å²) in [7, 11) is 0. The minimum absolute atomic E-state index is 0.0449. The van der Waals surface area contributed by atoms with E-state index in [1.165, 1.54) is 0 Å². The number of rotatable bonds is 7. The molecule has 0 saturated carbocycles. The third-order valence-electron chi connectivity index (χ3n) is 6.11. The fraction of sp³-hybridized carbons (Fsp3) is 0.516. The van der Waals surface area contributed by atoms with Crippen LogP contribution in [0.4, 0.5) is 15.3 Å². The number of carbonyl (C=O) groups is 3. The summed E-state index contributed by atoms with van der Waals surface area (Å²) in [6, 6.07) is 16.5. The highest BCUT2D eigenvalue weighted by Crippen LogP contribution is 2.43. The molecule has 0 unspecified atom stereocenters. The summed E-state index contributed by atoms with van der Waals surface area (Å²) >= 11 is 0. The first-order valence-electron chi connectivity index (χ1n) is 13.4. The van der Waals surface area contributed by atoms with Crippen molar-refractivity contribution in [2.24, 2.45) is 0 Å². The molecule has 8 heteroatoms. The van der Waals surface area contributed by atoms with Crippen LogP contribution in [-0.2, 0) is 25.4 Å². The van der Waals surface area contributed by atoms with Gasteiger partial charge in [0.2, 0.25) is 0 Å². The van der Waals surface area contributed by atoms with Crippen LogP contribution in [0.5, 0.6) is 0 Å². The maximum absolute atomic E-state index is 13.3. The molecular weight excluding hydrogens is 496 g/mol. The zero-order valence-electron chi connectivity index (χ0n) is 24.4. The Morgan fingerprint density at radius 2 is 1.49 bits per heavy atom. The molecule has 1 N–H and O–H groups in total. The minimum Gasteiger partial charge on any atom is -0.444 e. The molecule has 0 bridgehead atoms. The number of nitrogens with one attached hydrogen (secondary N) is 1. The third kappa shape index (κ3) is 8.82. The Hall–Kier alpha value is -3.39. The van der Waals surface area contributed by atoms with E-state index in [0.29, 0.717) is 12.1 Å². The molecule has 1 aliphatic heterocycles. The van der Waals surface area contributed by atoms with Gasteiger partial charge in [-0.25, -0.2) is 9.59 Å². The summed E-state index contributed by atoms with van der Waals surface area (Å²) in [5.41, 5.74) is 0.207. The van der Waals surface area contributed by atoms with E-state index in [4.69, 9.17) is 14.2 Å². The van der Waals surface area contributed by atoms with Crippen LogP contribution in [0.25, 0.3) is 0 Å².